The van der Waals surface area contributed by atoms with Gasteiger partial charge in [-0.1, -0.05) is 20.3 Å². The Hall–Kier alpha value is -0.850. The molecule has 0 bridgehead atoms. The molecule has 0 aromatic carbocycles. The lowest BCUT2D eigenvalue weighted by atomic mass is 10.1. The molecule has 1 aromatic heterocycles. The number of pyridine rings is 1. The lowest BCUT2D eigenvalue weighted by Crippen LogP contribution is -2.36. The van der Waals surface area contributed by atoms with Crippen molar-refractivity contribution in [3.8, 4) is 0 Å². The van der Waals surface area contributed by atoms with Crippen LogP contribution in [-0.4, -0.2) is 16.9 Å². The Morgan fingerprint density at radius 2 is 2.17 bits per heavy atom. The summed E-state index contributed by atoms with van der Waals surface area (Å²) in [5, 5.41) is 2.84. The molecule has 0 fully saturated rings. The zero-order valence-corrected chi connectivity index (χ0v) is 13.1. The molecule has 1 amide bonds. The van der Waals surface area contributed by atoms with Crippen molar-refractivity contribution in [1.29, 1.82) is 0 Å². The van der Waals surface area contributed by atoms with Crippen molar-refractivity contribution in [3.63, 3.8) is 0 Å². The van der Waals surface area contributed by atoms with Gasteiger partial charge in [-0.3, -0.25) is 9.59 Å². The molecule has 0 saturated carbocycles. The Labute approximate surface area is 121 Å². The Morgan fingerprint density at radius 1 is 1.50 bits per heavy atom. The molecule has 18 heavy (non-hydrogen) atoms. The van der Waals surface area contributed by atoms with E-state index in [4.69, 9.17) is 0 Å². The van der Waals surface area contributed by atoms with Crippen LogP contribution in [0.2, 0.25) is 0 Å². The SMILES string of the molecule is CCC[C@@H](C)NC(=O)c1cc(I)c(CC)[nH]c1=O. The minimum atomic E-state index is -0.312. The molecule has 1 aromatic rings. The van der Waals surface area contributed by atoms with Crippen LogP contribution in [0, 0.1) is 3.57 Å². The lowest BCUT2D eigenvalue weighted by Gasteiger charge is -2.12. The number of H-pyrrole nitrogens is 1. The van der Waals surface area contributed by atoms with Gasteiger partial charge in [0.15, 0.2) is 0 Å². The van der Waals surface area contributed by atoms with E-state index in [2.05, 4.69) is 39.8 Å². The van der Waals surface area contributed by atoms with E-state index in [-0.39, 0.29) is 23.1 Å². The molecule has 0 aliphatic heterocycles. The highest BCUT2D eigenvalue weighted by Crippen LogP contribution is 2.10. The van der Waals surface area contributed by atoms with E-state index in [1.54, 1.807) is 6.07 Å². The maximum atomic E-state index is 12.0. The first-order valence-electron chi connectivity index (χ1n) is 6.22. The maximum absolute atomic E-state index is 12.0. The second kappa shape index (κ2) is 6.92. The van der Waals surface area contributed by atoms with Crippen molar-refractivity contribution in [2.75, 3.05) is 0 Å². The quantitative estimate of drug-likeness (QED) is 0.791. The number of hydrogen-bond acceptors (Lipinski definition) is 2. The molecule has 1 rings (SSSR count). The number of aryl methyl sites for hydroxylation is 1. The third kappa shape index (κ3) is 3.83. The van der Waals surface area contributed by atoms with E-state index in [1.165, 1.54) is 0 Å². The molecule has 0 radical (unpaired) electrons. The van der Waals surface area contributed by atoms with Gasteiger partial charge in [0.1, 0.15) is 5.56 Å². The molecule has 0 unspecified atom stereocenters. The summed E-state index contributed by atoms with van der Waals surface area (Å²) in [4.78, 5) is 26.5. The number of hydrogen-bond donors (Lipinski definition) is 2. The highest BCUT2D eigenvalue weighted by atomic mass is 127. The minimum Gasteiger partial charge on any atom is -0.349 e. The molecule has 1 heterocycles. The standard InChI is InChI=1S/C13H19IN2O2/c1-4-6-8(3)15-12(17)9-7-10(14)11(5-2)16-13(9)18/h7-8H,4-6H2,1-3H3,(H,15,17)(H,16,18)/t8-/m1/s1. The summed E-state index contributed by atoms with van der Waals surface area (Å²) in [6.07, 6.45) is 2.67. The van der Waals surface area contributed by atoms with E-state index in [9.17, 15) is 9.59 Å². The molecule has 4 nitrogen and oxygen atoms in total. The Morgan fingerprint density at radius 3 is 2.72 bits per heavy atom. The molecular weight excluding hydrogens is 343 g/mol. The van der Waals surface area contributed by atoms with Gasteiger partial charge in [0, 0.05) is 15.3 Å². The number of aromatic amines is 1. The van der Waals surface area contributed by atoms with Crippen LogP contribution in [0.15, 0.2) is 10.9 Å². The zero-order chi connectivity index (χ0) is 13.7. The Bertz CT molecular complexity index is 482. The van der Waals surface area contributed by atoms with Crippen LogP contribution in [-0.2, 0) is 6.42 Å². The van der Waals surface area contributed by atoms with Gasteiger partial charge in [0.25, 0.3) is 11.5 Å². The third-order valence-electron chi connectivity index (χ3n) is 2.77. The summed E-state index contributed by atoms with van der Waals surface area (Å²) < 4.78 is 0.919. The average molecular weight is 362 g/mol. The fraction of sp³-hybridized carbons (Fsp3) is 0.538. The molecule has 5 heteroatoms. The molecule has 100 valence electrons. The molecular formula is C13H19IN2O2. The van der Waals surface area contributed by atoms with Gasteiger partial charge in [-0.2, -0.15) is 0 Å². The van der Waals surface area contributed by atoms with E-state index in [1.807, 2.05) is 13.8 Å². The predicted molar refractivity (Wildman–Crippen MR) is 81.0 cm³/mol. The third-order valence-corrected chi connectivity index (χ3v) is 3.73. The smallest absolute Gasteiger partial charge is 0.261 e. The van der Waals surface area contributed by atoms with E-state index < -0.39 is 0 Å². The second-order valence-electron chi connectivity index (χ2n) is 4.36. The van der Waals surface area contributed by atoms with Gasteiger partial charge in [0.2, 0.25) is 0 Å². The van der Waals surface area contributed by atoms with Gasteiger partial charge in [-0.25, -0.2) is 0 Å². The molecule has 1 atom stereocenters. The fourth-order valence-corrected chi connectivity index (χ4v) is 2.60. The highest BCUT2D eigenvalue weighted by molar-refractivity contribution is 14.1. The van der Waals surface area contributed by atoms with Crippen LogP contribution in [0.4, 0.5) is 0 Å². The molecule has 0 spiro atoms. The summed E-state index contributed by atoms with van der Waals surface area (Å²) in [7, 11) is 0. The first-order valence-corrected chi connectivity index (χ1v) is 7.30. The Kier molecular flexibility index (Phi) is 5.84. The van der Waals surface area contributed by atoms with E-state index >= 15 is 0 Å². The molecule has 0 aliphatic carbocycles. The minimum absolute atomic E-state index is 0.0883. The molecule has 0 saturated heterocycles. The summed E-state index contributed by atoms with van der Waals surface area (Å²) in [5.74, 6) is -0.294. The zero-order valence-electron chi connectivity index (χ0n) is 11.0. The molecule has 2 N–H and O–H groups in total. The van der Waals surface area contributed by atoms with E-state index in [0.717, 1.165) is 28.5 Å². The predicted octanol–water partition coefficient (Wildman–Crippen LogP) is 2.46. The first-order chi connectivity index (χ1) is 8.49. The summed E-state index contributed by atoms with van der Waals surface area (Å²) in [6.45, 7) is 5.98. The maximum Gasteiger partial charge on any atom is 0.261 e. The van der Waals surface area contributed by atoms with Gasteiger partial charge in [0.05, 0.1) is 0 Å². The van der Waals surface area contributed by atoms with E-state index in [0.29, 0.717) is 0 Å². The van der Waals surface area contributed by atoms with Crippen LogP contribution in [0.25, 0.3) is 0 Å². The topological polar surface area (TPSA) is 62.0 Å². The van der Waals surface area contributed by atoms with Crippen LogP contribution in [0.3, 0.4) is 0 Å². The van der Waals surface area contributed by atoms with Crippen molar-refractivity contribution < 1.29 is 4.79 Å². The van der Waals surface area contributed by atoms with Crippen LogP contribution in [0.1, 0.15) is 49.7 Å². The van der Waals surface area contributed by atoms with Crippen molar-refractivity contribution in [2.45, 2.75) is 46.1 Å². The lowest BCUT2D eigenvalue weighted by molar-refractivity contribution is 0.0936. The van der Waals surface area contributed by atoms with Crippen molar-refractivity contribution in [2.24, 2.45) is 0 Å². The number of amides is 1. The van der Waals surface area contributed by atoms with Gasteiger partial charge in [-0.05, 0) is 48.4 Å². The normalized spacial score (nSPS) is 12.2. The number of halogens is 1. The molecule has 0 aliphatic rings. The van der Waals surface area contributed by atoms with Gasteiger partial charge >= 0.3 is 0 Å². The average Bonchev–Trinajstić information content (AvgIpc) is 2.31. The highest BCUT2D eigenvalue weighted by Gasteiger charge is 2.14. The largest absolute Gasteiger partial charge is 0.349 e. The first kappa shape index (κ1) is 15.2. The van der Waals surface area contributed by atoms with Gasteiger partial charge in [-0.15, -0.1) is 0 Å². The Balaban J connectivity index is 2.93. The monoisotopic (exact) mass is 362 g/mol. The summed E-state index contributed by atoms with van der Waals surface area (Å²) >= 11 is 2.14. The van der Waals surface area contributed by atoms with Crippen molar-refractivity contribution in [3.05, 3.63) is 31.2 Å². The number of rotatable bonds is 5. The number of nitrogens with one attached hydrogen (secondary N) is 2. The second-order valence-corrected chi connectivity index (χ2v) is 5.52. The van der Waals surface area contributed by atoms with Crippen molar-refractivity contribution in [1.82, 2.24) is 10.3 Å². The summed E-state index contributed by atoms with van der Waals surface area (Å²) in [6, 6.07) is 1.75. The van der Waals surface area contributed by atoms with Crippen LogP contribution >= 0.6 is 22.6 Å². The van der Waals surface area contributed by atoms with Gasteiger partial charge < -0.3 is 10.3 Å². The number of carbonyl (C=O) groups excluding carboxylic acids is 1. The van der Waals surface area contributed by atoms with Crippen molar-refractivity contribution >= 4 is 28.5 Å². The van der Waals surface area contributed by atoms with Crippen LogP contribution in [0.5, 0.6) is 0 Å². The number of aromatic nitrogens is 1. The number of carbonyl (C=O) groups is 1. The summed E-state index contributed by atoms with van der Waals surface area (Å²) in [5.41, 5.74) is 0.756. The fourth-order valence-electron chi connectivity index (χ4n) is 1.78. The van der Waals surface area contributed by atoms with Crippen LogP contribution < -0.4 is 10.9 Å².